The molecule has 0 rings (SSSR count). The summed E-state index contributed by atoms with van der Waals surface area (Å²) in [6.07, 6.45) is 0. The fourth-order valence-electron chi connectivity index (χ4n) is 0.209. The molecule has 0 saturated heterocycles. The largest absolute Gasteiger partial charge is 0.545 e. The van der Waals surface area contributed by atoms with Crippen molar-refractivity contribution >= 4 is 16.1 Å². The molecular weight excluding hydrogens is 162 g/mol. The van der Waals surface area contributed by atoms with Crippen molar-refractivity contribution in [3.8, 4) is 0 Å². The Kier molecular flexibility index (Phi) is 3.75. The standard InChI is InChI=1S/C3H4O4P2/c1-3(9(6)7)2-8(4)5/h2H,1H3/p+2. The molecule has 4 nitrogen and oxygen atoms in total. The van der Waals surface area contributed by atoms with Crippen LogP contribution < -0.4 is 0 Å². The van der Waals surface area contributed by atoms with E-state index >= 15 is 0 Å². The molecular formula is C3H6O4P2+2. The fraction of sp³-hybridized carbons (Fsp3) is 0.333. The average molecular weight is 168 g/mol. The Morgan fingerprint density at radius 1 is 1.44 bits per heavy atom. The monoisotopic (exact) mass is 168 g/mol. The summed E-state index contributed by atoms with van der Waals surface area (Å²) in [4.78, 5) is 16.4. The molecule has 0 spiro atoms. The van der Waals surface area contributed by atoms with Gasteiger partial charge in [0, 0.05) is 6.92 Å². The van der Waals surface area contributed by atoms with Crippen molar-refractivity contribution in [1.29, 1.82) is 0 Å². The van der Waals surface area contributed by atoms with Gasteiger partial charge in [0.15, 0.2) is 0 Å². The van der Waals surface area contributed by atoms with Gasteiger partial charge in [-0.05, 0) is 9.13 Å². The van der Waals surface area contributed by atoms with E-state index in [9.17, 15) is 9.13 Å². The highest BCUT2D eigenvalue weighted by Gasteiger charge is 2.21. The first-order valence-corrected chi connectivity index (χ1v) is 4.53. The van der Waals surface area contributed by atoms with Gasteiger partial charge in [-0.25, -0.2) is 0 Å². The summed E-state index contributed by atoms with van der Waals surface area (Å²) in [5.74, 6) is 0.855. The molecule has 0 aromatic heterocycles. The van der Waals surface area contributed by atoms with Crippen molar-refractivity contribution in [1.82, 2.24) is 0 Å². The van der Waals surface area contributed by atoms with Crippen LogP contribution in [0.3, 0.4) is 0 Å². The predicted octanol–water partition coefficient (Wildman–Crippen LogP) is 1.32. The van der Waals surface area contributed by atoms with E-state index in [1.54, 1.807) is 0 Å². The molecule has 0 aliphatic rings. The summed E-state index contributed by atoms with van der Waals surface area (Å²) >= 11 is 0. The lowest BCUT2D eigenvalue weighted by Gasteiger charge is -1.65. The van der Waals surface area contributed by atoms with E-state index in [-0.39, 0.29) is 5.31 Å². The van der Waals surface area contributed by atoms with Crippen LogP contribution >= 0.6 is 16.1 Å². The second-order valence-electron chi connectivity index (χ2n) is 1.35. The molecule has 2 N–H and O–H groups in total. The topological polar surface area (TPSA) is 74.6 Å². The van der Waals surface area contributed by atoms with Crippen LogP contribution in [-0.4, -0.2) is 9.79 Å². The molecule has 0 bridgehead atoms. The van der Waals surface area contributed by atoms with Gasteiger partial charge in [-0.1, -0.05) is 0 Å². The summed E-state index contributed by atoms with van der Waals surface area (Å²) in [5, 5.41) is 0.0358. The molecule has 0 aromatic carbocycles. The van der Waals surface area contributed by atoms with Crippen molar-refractivity contribution in [3.05, 3.63) is 11.1 Å². The van der Waals surface area contributed by atoms with E-state index in [1.165, 1.54) is 6.92 Å². The zero-order chi connectivity index (χ0) is 7.44. The summed E-state index contributed by atoms with van der Waals surface area (Å²) in [6, 6.07) is 0. The molecule has 0 aliphatic heterocycles. The van der Waals surface area contributed by atoms with Crippen LogP contribution in [0.5, 0.6) is 0 Å². The Morgan fingerprint density at radius 3 is 2.00 bits per heavy atom. The maximum atomic E-state index is 10.1. The zero-order valence-electron chi connectivity index (χ0n) is 4.68. The molecule has 6 heteroatoms. The normalized spacial score (nSPS) is 15.2. The van der Waals surface area contributed by atoms with Crippen molar-refractivity contribution in [2.45, 2.75) is 6.92 Å². The first kappa shape index (κ1) is 8.86. The first-order valence-electron chi connectivity index (χ1n) is 2.04. The van der Waals surface area contributed by atoms with E-state index in [0.29, 0.717) is 0 Å². The number of hydrogen-bond acceptors (Lipinski definition) is 2. The summed E-state index contributed by atoms with van der Waals surface area (Å²) < 4.78 is 20.0. The highest BCUT2D eigenvalue weighted by Crippen LogP contribution is 2.31. The molecule has 0 aromatic rings. The molecule has 9 heavy (non-hydrogen) atoms. The van der Waals surface area contributed by atoms with Crippen LogP contribution in [0.15, 0.2) is 11.1 Å². The predicted molar refractivity (Wildman–Crippen MR) is 33.4 cm³/mol. The Labute approximate surface area is 54.0 Å². The van der Waals surface area contributed by atoms with Gasteiger partial charge in [-0.3, -0.25) is 0 Å². The maximum Gasteiger partial charge on any atom is 0.545 e. The van der Waals surface area contributed by atoms with Gasteiger partial charge in [0.1, 0.15) is 0 Å². The number of rotatable bonds is 2. The van der Waals surface area contributed by atoms with Crippen molar-refractivity contribution in [3.63, 3.8) is 0 Å². The molecule has 0 radical (unpaired) electrons. The van der Waals surface area contributed by atoms with Gasteiger partial charge in [0.25, 0.3) is 0 Å². The SMILES string of the molecule is CC(=C[P+](=O)O)[P+](=O)O. The van der Waals surface area contributed by atoms with Crippen LogP contribution in [0.1, 0.15) is 6.92 Å². The minimum absolute atomic E-state index is 0.0358. The van der Waals surface area contributed by atoms with E-state index in [1.807, 2.05) is 0 Å². The quantitative estimate of drug-likeness (QED) is 0.609. The lowest BCUT2D eigenvalue weighted by atomic mass is 10.8. The van der Waals surface area contributed by atoms with E-state index < -0.39 is 16.1 Å². The molecule has 0 amide bonds. The van der Waals surface area contributed by atoms with Gasteiger partial charge < -0.3 is 0 Å². The minimum atomic E-state index is -2.43. The lowest BCUT2D eigenvalue weighted by Crippen LogP contribution is -1.61. The van der Waals surface area contributed by atoms with Gasteiger partial charge in [0.05, 0.1) is 0 Å². The van der Waals surface area contributed by atoms with Gasteiger partial charge in [-0.2, -0.15) is 9.79 Å². The Hall–Kier alpha value is -0.140. The third-order valence-corrected chi connectivity index (χ3v) is 2.14. The molecule has 0 fully saturated rings. The van der Waals surface area contributed by atoms with E-state index in [4.69, 9.17) is 9.79 Å². The third-order valence-electron chi connectivity index (χ3n) is 0.599. The third kappa shape index (κ3) is 4.37. The van der Waals surface area contributed by atoms with Crippen LogP contribution in [0, 0.1) is 0 Å². The van der Waals surface area contributed by atoms with Gasteiger partial charge >= 0.3 is 16.1 Å². The van der Waals surface area contributed by atoms with Crippen LogP contribution in [0.4, 0.5) is 0 Å². The summed E-state index contributed by atoms with van der Waals surface area (Å²) in [7, 11) is -4.86. The van der Waals surface area contributed by atoms with Gasteiger partial charge in [0.2, 0.25) is 11.1 Å². The molecule has 0 saturated carbocycles. The van der Waals surface area contributed by atoms with Gasteiger partial charge in [-0.15, -0.1) is 0 Å². The Bertz CT molecular complexity index is 173. The van der Waals surface area contributed by atoms with Crippen molar-refractivity contribution < 1.29 is 18.9 Å². The number of allylic oxidation sites excluding steroid dienone is 1. The second kappa shape index (κ2) is 3.80. The molecule has 2 atom stereocenters. The fourth-order valence-corrected chi connectivity index (χ4v) is 1.22. The number of hydrogen-bond donors (Lipinski definition) is 2. The Balaban J connectivity index is 4.17. The Morgan fingerprint density at radius 2 is 1.89 bits per heavy atom. The second-order valence-corrected chi connectivity index (χ2v) is 3.46. The highest BCUT2D eigenvalue weighted by atomic mass is 31.1. The maximum absolute atomic E-state index is 10.1. The van der Waals surface area contributed by atoms with Crippen LogP contribution in [0.2, 0.25) is 0 Å². The smallest absolute Gasteiger partial charge is 0.157 e. The van der Waals surface area contributed by atoms with Crippen LogP contribution in [-0.2, 0) is 9.13 Å². The lowest BCUT2D eigenvalue weighted by molar-refractivity contribution is 0.506. The molecule has 50 valence electrons. The first-order chi connectivity index (χ1) is 4.04. The molecule has 0 aliphatic carbocycles. The van der Waals surface area contributed by atoms with Crippen molar-refractivity contribution in [2.75, 3.05) is 0 Å². The average Bonchev–Trinajstić information content (AvgIpc) is 1.63. The van der Waals surface area contributed by atoms with Crippen molar-refractivity contribution in [2.24, 2.45) is 0 Å². The van der Waals surface area contributed by atoms with Crippen LogP contribution in [0.25, 0.3) is 0 Å². The molecule has 0 heterocycles. The highest BCUT2D eigenvalue weighted by molar-refractivity contribution is 7.47. The minimum Gasteiger partial charge on any atom is -0.157 e. The summed E-state index contributed by atoms with van der Waals surface area (Å²) in [5.41, 5.74) is 0. The summed E-state index contributed by atoms with van der Waals surface area (Å²) in [6.45, 7) is 1.32. The molecule has 2 unspecified atom stereocenters. The zero-order valence-corrected chi connectivity index (χ0v) is 6.47. The van der Waals surface area contributed by atoms with E-state index in [0.717, 1.165) is 5.82 Å². The van der Waals surface area contributed by atoms with E-state index in [2.05, 4.69) is 0 Å².